The van der Waals surface area contributed by atoms with Crippen LogP contribution in [0.15, 0.2) is 36.5 Å². The van der Waals surface area contributed by atoms with Gasteiger partial charge in [-0.3, -0.25) is 4.79 Å². The Bertz CT molecular complexity index is 329. The van der Waals surface area contributed by atoms with Crippen LogP contribution in [0.1, 0.15) is 51.9 Å². The van der Waals surface area contributed by atoms with Gasteiger partial charge in [0.25, 0.3) is 0 Å². The number of hydrogen-bond acceptors (Lipinski definition) is 3. The number of unbranched alkanes of at least 4 members (excludes halogenated alkanes) is 2. The zero-order valence-electron chi connectivity index (χ0n) is 13.7. The zero-order valence-corrected chi connectivity index (χ0v) is 13.7. The quantitative estimate of drug-likeness (QED) is 0.228. The molecular formula is C18H30O3. The standard InChI is InChI=1S/C18H30O3/c1-4-5-6-7-8-9-10-11-14-17(20-2)15-12-13-16-18(19)21-3/h6-7,9-11,14,17H,4-5,8,12-13,15-16H2,1-3H3. The van der Waals surface area contributed by atoms with E-state index in [0.29, 0.717) is 6.42 Å². The summed E-state index contributed by atoms with van der Waals surface area (Å²) in [7, 11) is 3.14. The molecule has 3 nitrogen and oxygen atoms in total. The molecule has 0 saturated heterocycles. The minimum atomic E-state index is -0.140. The number of carbonyl (C=O) groups excluding carboxylic acids is 1. The topological polar surface area (TPSA) is 35.5 Å². The van der Waals surface area contributed by atoms with Crippen LogP contribution in [-0.2, 0) is 14.3 Å². The first kappa shape index (κ1) is 19.7. The Balaban J connectivity index is 3.78. The van der Waals surface area contributed by atoms with Crippen molar-refractivity contribution in [3.05, 3.63) is 36.5 Å². The van der Waals surface area contributed by atoms with Crippen LogP contribution < -0.4 is 0 Å². The Kier molecular flexibility index (Phi) is 14.1. The Morgan fingerprint density at radius 1 is 1.10 bits per heavy atom. The van der Waals surface area contributed by atoms with Crippen LogP contribution in [0.2, 0.25) is 0 Å². The molecule has 0 N–H and O–H groups in total. The van der Waals surface area contributed by atoms with Gasteiger partial charge in [-0.2, -0.15) is 0 Å². The molecule has 0 aliphatic rings. The SMILES string of the molecule is CCCC=CCC=CC=CC(CCCCC(=O)OC)OC. The summed E-state index contributed by atoms with van der Waals surface area (Å²) < 4.78 is 10.0. The molecule has 120 valence electrons. The van der Waals surface area contributed by atoms with Gasteiger partial charge in [0.1, 0.15) is 0 Å². The summed E-state index contributed by atoms with van der Waals surface area (Å²) in [6.45, 7) is 2.18. The third kappa shape index (κ3) is 13.4. The first-order valence-electron chi connectivity index (χ1n) is 7.82. The summed E-state index contributed by atoms with van der Waals surface area (Å²) in [5, 5.41) is 0. The molecule has 0 fully saturated rings. The highest BCUT2D eigenvalue weighted by molar-refractivity contribution is 5.68. The molecule has 0 aromatic carbocycles. The molecule has 0 spiro atoms. The Morgan fingerprint density at radius 3 is 2.57 bits per heavy atom. The maximum atomic E-state index is 11.0. The molecule has 0 heterocycles. The summed E-state index contributed by atoms with van der Waals surface area (Å²) in [5.74, 6) is -0.140. The van der Waals surface area contributed by atoms with Gasteiger partial charge < -0.3 is 9.47 Å². The predicted octanol–water partition coefficient (Wildman–Crippen LogP) is 4.59. The summed E-state index contributed by atoms with van der Waals surface area (Å²) >= 11 is 0. The van der Waals surface area contributed by atoms with Crippen LogP contribution in [0.3, 0.4) is 0 Å². The highest BCUT2D eigenvalue weighted by Crippen LogP contribution is 2.08. The number of esters is 1. The van der Waals surface area contributed by atoms with E-state index < -0.39 is 0 Å². The minimum absolute atomic E-state index is 0.114. The highest BCUT2D eigenvalue weighted by atomic mass is 16.5. The molecule has 1 atom stereocenters. The molecule has 3 heteroatoms. The van der Waals surface area contributed by atoms with Gasteiger partial charge in [0.05, 0.1) is 13.2 Å². The van der Waals surface area contributed by atoms with Gasteiger partial charge in [0, 0.05) is 13.5 Å². The first-order chi connectivity index (χ1) is 10.2. The smallest absolute Gasteiger partial charge is 0.305 e. The van der Waals surface area contributed by atoms with Gasteiger partial charge in [0.2, 0.25) is 0 Å². The van der Waals surface area contributed by atoms with Crippen molar-refractivity contribution in [1.82, 2.24) is 0 Å². The largest absolute Gasteiger partial charge is 0.469 e. The van der Waals surface area contributed by atoms with Crippen LogP contribution in [0, 0.1) is 0 Å². The molecule has 0 rings (SSSR count). The fourth-order valence-corrected chi connectivity index (χ4v) is 1.81. The van der Waals surface area contributed by atoms with Gasteiger partial charge in [-0.25, -0.2) is 0 Å². The van der Waals surface area contributed by atoms with Crippen LogP contribution in [0.25, 0.3) is 0 Å². The number of carbonyl (C=O) groups is 1. The second-order valence-electron chi connectivity index (χ2n) is 4.90. The van der Waals surface area contributed by atoms with Gasteiger partial charge in [-0.05, 0) is 32.1 Å². The molecular weight excluding hydrogens is 264 g/mol. The lowest BCUT2D eigenvalue weighted by atomic mass is 10.1. The average Bonchev–Trinajstić information content (AvgIpc) is 2.51. The van der Waals surface area contributed by atoms with Crippen molar-refractivity contribution in [2.75, 3.05) is 14.2 Å². The third-order valence-electron chi connectivity index (χ3n) is 3.12. The number of hydrogen-bond donors (Lipinski definition) is 0. The monoisotopic (exact) mass is 294 g/mol. The van der Waals surface area contributed by atoms with Crippen molar-refractivity contribution in [3.63, 3.8) is 0 Å². The van der Waals surface area contributed by atoms with Gasteiger partial charge in [-0.1, -0.05) is 49.8 Å². The summed E-state index contributed by atoms with van der Waals surface area (Å²) in [6, 6.07) is 0. The van der Waals surface area contributed by atoms with Gasteiger partial charge >= 0.3 is 5.97 Å². The third-order valence-corrected chi connectivity index (χ3v) is 3.12. The Morgan fingerprint density at radius 2 is 1.90 bits per heavy atom. The average molecular weight is 294 g/mol. The number of methoxy groups -OCH3 is 2. The fourth-order valence-electron chi connectivity index (χ4n) is 1.81. The molecule has 1 unspecified atom stereocenters. The first-order valence-corrected chi connectivity index (χ1v) is 7.82. The van der Waals surface area contributed by atoms with Crippen molar-refractivity contribution < 1.29 is 14.3 Å². The Hall–Kier alpha value is -1.35. The molecule has 0 aromatic heterocycles. The fraction of sp³-hybridized carbons (Fsp3) is 0.611. The second kappa shape index (κ2) is 15.0. The molecule has 0 bridgehead atoms. The number of rotatable bonds is 12. The highest BCUT2D eigenvalue weighted by Gasteiger charge is 2.04. The lowest BCUT2D eigenvalue weighted by Crippen LogP contribution is -2.07. The lowest BCUT2D eigenvalue weighted by Gasteiger charge is -2.09. The summed E-state index contributed by atoms with van der Waals surface area (Å²) in [4.78, 5) is 11.0. The van der Waals surface area contributed by atoms with E-state index in [1.54, 1.807) is 7.11 Å². The van der Waals surface area contributed by atoms with E-state index in [1.807, 2.05) is 6.08 Å². The van der Waals surface area contributed by atoms with Crippen molar-refractivity contribution >= 4 is 5.97 Å². The van der Waals surface area contributed by atoms with Crippen molar-refractivity contribution in [2.45, 2.75) is 58.0 Å². The van der Waals surface area contributed by atoms with Crippen LogP contribution in [0.4, 0.5) is 0 Å². The van der Waals surface area contributed by atoms with Crippen LogP contribution in [0.5, 0.6) is 0 Å². The second-order valence-corrected chi connectivity index (χ2v) is 4.90. The van der Waals surface area contributed by atoms with Crippen LogP contribution >= 0.6 is 0 Å². The van der Waals surface area contributed by atoms with Gasteiger partial charge in [0.15, 0.2) is 0 Å². The zero-order chi connectivity index (χ0) is 15.8. The van der Waals surface area contributed by atoms with E-state index in [2.05, 4.69) is 42.0 Å². The molecule has 0 saturated carbocycles. The molecule has 0 aliphatic heterocycles. The van der Waals surface area contributed by atoms with Crippen LogP contribution in [-0.4, -0.2) is 26.3 Å². The summed E-state index contributed by atoms with van der Waals surface area (Å²) in [6.07, 6.45) is 19.3. The molecule has 21 heavy (non-hydrogen) atoms. The molecule has 0 amide bonds. The molecule has 0 aliphatic carbocycles. The maximum Gasteiger partial charge on any atom is 0.305 e. The van der Waals surface area contributed by atoms with E-state index >= 15 is 0 Å². The normalized spacial score (nSPS) is 13.5. The van der Waals surface area contributed by atoms with E-state index in [9.17, 15) is 4.79 Å². The maximum absolute atomic E-state index is 11.0. The van der Waals surface area contributed by atoms with E-state index in [1.165, 1.54) is 13.5 Å². The van der Waals surface area contributed by atoms with Crippen molar-refractivity contribution in [3.8, 4) is 0 Å². The van der Waals surface area contributed by atoms with E-state index in [-0.39, 0.29) is 12.1 Å². The molecule has 0 radical (unpaired) electrons. The van der Waals surface area contributed by atoms with Crippen molar-refractivity contribution in [2.24, 2.45) is 0 Å². The van der Waals surface area contributed by atoms with Crippen molar-refractivity contribution in [1.29, 1.82) is 0 Å². The number of allylic oxidation sites excluding steroid dienone is 5. The Labute approximate surface area is 129 Å². The predicted molar refractivity (Wildman–Crippen MR) is 88.2 cm³/mol. The summed E-state index contributed by atoms with van der Waals surface area (Å²) in [5.41, 5.74) is 0. The lowest BCUT2D eigenvalue weighted by molar-refractivity contribution is -0.140. The number of ether oxygens (including phenoxy) is 2. The van der Waals surface area contributed by atoms with E-state index in [0.717, 1.165) is 32.1 Å². The minimum Gasteiger partial charge on any atom is -0.469 e. The van der Waals surface area contributed by atoms with E-state index in [4.69, 9.17) is 4.74 Å². The molecule has 0 aromatic rings. The van der Waals surface area contributed by atoms with Gasteiger partial charge in [-0.15, -0.1) is 0 Å².